The fraction of sp³-hybridized carbons (Fsp3) is 0.571. The molecular formula is C7H11O5. The first-order valence-corrected chi connectivity index (χ1v) is 3.34. The van der Waals surface area contributed by atoms with Crippen molar-refractivity contribution >= 4 is 12.1 Å². The number of rotatable bonds is 3. The number of ether oxygens (including phenoxy) is 3. The van der Waals surface area contributed by atoms with E-state index in [1.54, 1.807) is 0 Å². The minimum absolute atomic E-state index is 0.622. The Balaban J connectivity index is 3.75. The van der Waals surface area contributed by atoms with Crippen molar-refractivity contribution in [2.24, 2.45) is 0 Å². The highest BCUT2D eigenvalue weighted by Gasteiger charge is 2.18. The lowest BCUT2D eigenvalue weighted by atomic mass is 10.4. The van der Waals surface area contributed by atoms with Crippen molar-refractivity contribution < 1.29 is 23.8 Å². The Morgan fingerprint density at radius 1 is 1.42 bits per heavy atom. The SMILES string of the molecule is C[CH]OC(=O)O[C@H](C)C(=O)OC. The standard InChI is InChI=1S/C7H11O5/c1-4-11-7(9)12-5(2)6(8)10-3/h4-5H,1-3H3/t5-/m1/s1. The van der Waals surface area contributed by atoms with Gasteiger partial charge in [0.15, 0.2) is 6.10 Å². The molecule has 5 nitrogen and oxygen atoms in total. The molecule has 0 unspecified atom stereocenters. The molecule has 0 aromatic heterocycles. The van der Waals surface area contributed by atoms with Gasteiger partial charge in [0.25, 0.3) is 0 Å². The second-order valence-electron chi connectivity index (χ2n) is 1.89. The van der Waals surface area contributed by atoms with Gasteiger partial charge in [0.05, 0.1) is 7.11 Å². The van der Waals surface area contributed by atoms with Crippen LogP contribution in [0.15, 0.2) is 0 Å². The van der Waals surface area contributed by atoms with Crippen LogP contribution in [0.4, 0.5) is 4.79 Å². The van der Waals surface area contributed by atoms with E-state index in [1.807, 2.05) is 0 Å². The third-order valence-electron chi connectivity index (χ3n) is 1.02. The lowest BCUT2D eigenvalue weighted by Gasteiger charge is -2.09. The topological polar surface area (TPSA) is 61.8 Å². The summed E-state index contributed by atoms with van der Waals surface area (Å²) in [6, 6.07) is 0. The maximum atomic E-state index is 10.7. The van der Waals surface area contributed by atoms with Crippen molar-refractivity contribution in [3.63, 3.8) is 0 Å². The summed E-state index contributed by atoms with van der Waals surface area (Å²) in [5.74, 6) is -0.622. The summed E-state index contributed by atoms with van der Waals surface area (Å²) in [6.07, 6.45) is -1.86. The molecule has 0 aliphatic rings. The third-order valence-corrected chi connectivity index (χ3v) is 1.02. The molecule has 1 atom stereocenters. The molecule has 0 amide bonds. The molecule has 0 aliphatic carbocycles. The molecule has 0 bridgehead atoms. The molecule has 0 aromatic rings. The number of esters is 1. The Morgan fingerprint density at radius 3 is 2.42 bits per heavy atom. The van der Waals surface area contributed by atoms with E-state index >= 15 is 0 Å². The molecule has 69 valence electrons. The fourth-order valence-corrected chi connectivity index (χ4v) is 0.482. The monoisotopic (exact) mass is 175 g/mol. The third kappa shape index (κ3) is 3.80. The summed E-state index contributed by atoms with van der Waals surface area (Å²) < 4.78 is 13.1. The maximum Gasteiger partial charge on any atom is 0.509 e. The van der Waals surface area contributed by atoms with Crippen LogP contribution < -0.4 is 0 Å². The molecule has 0 heterocycles. The summed E-state index contributed by atoms with van der Waals surface area (Å²) in [7, 11) is 1.21. The molecule has 0 aliphatic heterocycles. The van der Waals surface area contributed by atoms with E-state index in [-0.39, 0.29) is 0 Å². The summed E-state index contributed by atoms with van der Waals surface area (Å²) in [5.41, 5.74) is 0. The van der Waals surface area contributed by atoms with Crippen LogP contribution in [-0.2, 0) is 19.0 Å². The van der Waals surface area contributed by atoms with E-state index in [0.717, 1.165) is 6.61 Å². The smallest absolute Gasteiger partial charge is 0.466 e. The van der Waals surface area contributed by atoms with Gasteiger partial charge in [-0.1, -0.05) is 0 Å². The van der Waals surface area contributed by atoms with Crippen LogP contribution in [0.5, 0.6) is 0 Å². The molecule has 0 aromatic carbocycles. The highest BCUT2D eigenvalue weighted by molar-refractivity contribution is 5.76. The molecule has 12 heavy (non-hydrogen) atoms. The zero-order chi connectivity index (χ0) is 9.56. The number of carbonyl (C=O) groups excluding carboxylic acids is 2. The van der Waals surface area contributed by atoms with E-state index < -0.39 is 18.2 Å². The van der Waals surface area contributed by atoms with Crippen molar-refractivity contribution in [2.75, 3.05) is 7.11 Å². The summed E-state index contributed by atoms with van der Waals surface area (Å²) in [4.78, 5) is 21.3. The average molecular weight is 175 g/mol. The van der Waals surface area contributed by atoms with Crippen LogP contribution in [0, 0.1) is 6.61 Å². The fourth-order valence-electron chi connectivity index (χ4n) is 0.482. The van der Waals surface area contributed by atoms with Crippen molar-refractivity contribution in [2.45, 2.75) is 20.0 Å². The summed E-state index contributed by atoms with van der Waals surface area (Å²) in [6.45, 7) is 4.07. The Labute approximate surface area is 70.6 Å². The lowest BCUT2D eigenvalue weighted by molar-refractivity contribution is -0.150. The van der Waals surface area contributed by atoms with Gasteiger partial charge in [-0.3, -0.25) is 0 Å². The normalized spacial score (nSPS) is 11.6. The Bertz CT molecular complexity index is 165. The van der Waals surface area contributed by atoms with E-state index in [0.29, 0.717) is 0 Å². The van der Waals surface area contributed by atoms with Gasteiger partial charge >= 0.3 is 12.1 Å². The lowest BCUT2D eigenvalue weighted by Crippen LogP contribution is -2.25. The van der Waals surface area contributed by atoms with Crippen LogP contribution >= 0.6 is 0 Å². The highest BCUT2D eigenvalue weighted by atomic mass is 16.7. The van der Waals surface area contributed by atoms with E-state index in [2.05, 4.69) is 14.2 Å². The second-order valence-corrected chi connectivity index (χ2v) is 1.89. The minimum Gasteiger partial charge on any atom is -0.466 e. The van der Waals surface area contributed by atoms with E-state index in [1.165, 1.54) is 21.0 Å². The average Bonchev–Trinajstić information content (AvgIpc) is 2.03. The Morgan fingerprint density at radius 2 is 2.00 bits per heavy atom. The van der Waals surface area contributed by atoms with Crippen molar-refractivity contribution in [3.8, 4) is 0 Å². The number of hydrogen-bond acceptors (Lipinski definition) is 5. The van der Waals surface area contributed by atoms with Crippen LogP contribution in [0.3, 0.4) is 0 Å². The van der Waals surface area contributed by atoms with Gasteiger partial charge in [-0.25, -0.2) is 9.59 Å². The quantitative estimate of drug-likeness (QED) is 0.596. The first-order valence-electron chi connectivity index (χ1n) is 3.34. The van der Waals surface area contributed by atoms with Crippen molar-refractivity contribution in [1.82, 2.24) is 0 Å². The predicted octanol–water partition coefficient (Wildman–Crippen LogP) is 0.883. The van der Waals surface area contributed by atoms with Gasteiger partial charge in [0.2, 0.25) is 0 Å². The zero-order valence-electron chi connectivity index (χ0n) is 7.20. The van der Waals surface area contributed by atoms with Crippen molar-refractivity contribution in [3.05, 3.63) is 6.61 Å². The highest BCUT2D eigenvalue weighted by Crippen LogP contribution is 1.97. The van der Waals surface area contributed by atoms with Gasteiger partial charge in [-0.15, -0.1) is 0 Å². The molecule has 0 rings (SSSR count). The Hall–Kier alpha value is -1.26. The molecular weight excluding hydrogens is 164 g/mol. The van der Waals surface area contributed by atoms with E-state index in [4.69, 9.17) is 0 Å². The molecule has 0 N–H and O–H groups in total. The molecule has 0 saturated heterocycles. The predicted molar refractivity (Wildman–Crippen MR) is 39.0 cm³/mol. The van der Waals surface area contributed by atoms with Gasteiger partial charge < -0.3 is 14.2 Å². The summed E-state index contributed by atoms with van der Waals surface area (Å²) in [5, 5.41) is 0. The largest absolute Gasteiger partial charge is 0.509 e. The van der Waals surface area contributed by atoms with Gasteiger partial charge in [0, 0.05) is 0 Å². The van der Waals surface area contributed by atoms with E-state index in [9.17, 15) is 9.59 Å². The number of methoxy groups -OCH3 is 1. The van der Waals surface area contributed by atoms with Gasteiger partial charge in [0.1, 0.15) is 6.61 Å². The minimum atomic E-state index is -0.942. The second kappa shape index (κ2) is 5.40. The molecule has 0 saturated carbocycles. The summed E-state index contributed by atoms with van der Waals surface area (Å²) >= 11 is 0. The maximum absolute atomic E-state index is 10.7. The van der Waals surface area contributed by atoms with Crippen LogP contribution in [0.2, 0.25) is 0 Å². The van der Waals surface area contributed by atoms with Gasteiger partial charge in [-0.05, 0) is 13.8 Å². The van der Waals surface area contributed by atoms with Crippen LogP contribution in [0.25, 0.3) is 0 Å². The number of carbonyl (C=O) groups is 2. The molecule has 5 heteroatoms. The molecule has 1 radical (unpaired) electrons. The van der Waals surface area contributed by atoms with Crippen molar-refractivity contribution in [1.29, 1.82) is 0 Å². The Kier molecular flexibility index (Phi) is 4.83. The van der Waals surface area contributed by atoms with Crippen LogP contribution in [0.1, 0.15) is 13.8 Å². The molecule has 0 spiro atoms. The first kappa shape index (κ1) is 10.7. The van der Waals surface area contributed by atoms with Crippen LogP contribution in [-0.4, -0.2) is 25.3 Å². The zero-order valence-corrected chi connectivity index (χ0v) is 7.20. The van der Waals surface area contributed by atoms with Gasteiger partial charge in [-0.2, -0.15) is 0 Å². The molecule has 0 fully saturated rings. The number of hydrogen-bond donors (Lipinski definition) is 0. The first-order chi connectivity index (χ1) is 5.61.